The van der Waals surface area contributed by atoms with Crippen molar-refractivity contribution in [3.63, 3.8) is 0 Å². The second kappa shape index (κ2) is 6.04. The van der Waals surface area contributed by atoms with E-state index in [4.69, 9.17) is 9.47 Å². The number of hydrogen-bond donors (Lipinski definition) is 2. The minimum atomic E-state index is 0.0500. The molecule has 1 atom stereocenters. The van der Waals surface area contributed by atoms with Gasteiger partial charge in [-0.25, -0.2) is 10.4 Å². The van der Waals surface area contributed by atoms with Crippen LogP contribution in [0, 0.1) is 0 Å². The molecule has 0 aliphatic carbocycles. The highest BCUT2D eigenvalue weighted by atomic mass is 16.5. The van der Waals surface area contributed by atoms with Gasteiger partial charge in [0.05, 0.1) is 20.3 Å². The quantitative estimate of drug-likeness (QED) is 0.846. The molecular weight excluding hydrogens is 232 g/mol. The lowest BCUT2D eigenvalue weighted by Crippen LogP contribution is -2.46. The average Bonchev–Trinajstić information content (AvgIpc) is 2.39. The molecule has 1 aliphatic rings. The number of phenols is 1. The Labute approximate surface area is 107 Å². The van der Waals surface area contributed by atoms with Crippen LogP contribution in [0.15, 0.2) is 18.2 Å². The molecule has 1 aromatic carbocycles. The standard InChI is InChI=1S/C13H20N2O3/c1-10(14-15-5-7-18-8-6-15)12-4-3-11(17-2)9-13(12)16/h3-4,9-10,14,16H,5-8H2,1-2H3. The lowest BCUT2D eigenvalue weighted by Gasteiger charge is -2.30. The summed E-state index contributed by atoms with van der Waals surface area (Å²) in [6, 6.07) is 5.42. The summed E-state index contributed by atoms with van der Waals surface area (Å²) >= 11 is 0. The summed E-state index contributed by atoms with van der Waals surface area (Å²) in [5.41, 5.74) is 4.23. The zero-order chi connectivity index (χ0) is 13.0. The van der Waals surface area contributed by atoms with Crippen molar-refractivity contribution in [3.05, 3.63) is 23.8 Å². The number of ether oxygens (including phenoxy) is 2. The third-order valence-electron chi connectivity index (χ3n) is 3.09. The first-order valence-electron chi connectivity index (χ1n) is 6.16. The number of phenolic OH excluding ortho intramolecular Hbond substituents is 1. The molecule has 0 bridgehead atoms. The fourth-order valence-electron chi connectivity index (χ4n) is 2.05. The van der Waals surface area contributed by atoms with E-state index in [1.54, 1.807) is 13.2 Å². The summed E-state index contributed by atoms with van der Waals surface area (Å²) in [4.78, 5) is 0. The van der Waals surface area contributed by atoms with Gasteiger partial charge in [0, 0.05) is 30.8 Å². The molecule has 1 fully saturated rings. The maximum Gasteiger partial charge on any atom is 0.124 e. The molecule has 1 aromatic rings. The van der Waals surface area contributed by atoms with Crippen LogP contribution < -0.4 is 10.2 Å². The van der Waals surface area contributed by atoms with Gasteiger partial charge in [-0.3, -0.25) is 0 Å². The van der Waals surface area contributed by atoms with Crippen LogP contribution >= 0.6 is 0 Å². The zero-order valence-electron chi connectivity index (χ0n) is 10.8. The lowest BCUT2D eigenvalue weighted by atomic mass is 10.1. The molecule has 5 nitrogen and oxygen atoms in total. The largest absolute Gasteiger partial charge is 0.507 e. The Bertz CT molecular complexity index is 392. The monoisotopic (exact) mass is 252 g/mol. The van der Waals surface area contributed by atoms with Gasteiger partial charge in [0.15, 0.2) is 0 Å². The molecule has 100 valence electrons. The number of nitrogens with one attached hydrogen (secondary N) is 1. The number of morpholine rings is 1. The highest BCUT2D eigenvalue weighted by Gasteiger charge is 2.16. The molecule has 1 unspecified atom stereocenters. The van der Waals surface area contributed by atoms with Crippen LogP contribution in [0.2, 0.25) is 0 Å². The first-order valence-corrected chi connectivity index (χ1v) is 6.16. The number of benzene rings is 1. The summed E-state index contributed by atoms with van der Waals surface area (Å²) < 4.78 is 10.4. The molecule has 5 heteroatoms. The van der Waals surface area contributed by atoms with Gasteiger partial charge in [-0.15, -0.1) is 0 Å². The third kappa shape index (κ3) is 3.13. The number of rotatable bonds is 4. The van der Waals surface area contributed by atoms with Crippen LogP contribution in [0.25, 0.3) is 0 Å². The molecule has 18 heavy (non-hydrogen) atoms. The SMILES string of the molecule is COc1ccc(C(C)NN2CCOCC2)c(O)c1. The molecule has 0 aromatic heterocycles. The van der Waals surface area contributed by atoms with E-state index in [-0.39, 0.29) is 11.8 Å². The van der Waals surface area contributed by atoms with Crippen LogP contribution in [0.4, 0.5) is 0 Å². The minimum Gasteiger partial charge on any atom is -0.507 e. The summed E-state index contributed by atoms with van der Waals surface area (Å²) in [5.74, 6) is 0.914. The van der Waals surface area contributed by atoms with Gasteiger partial charge >= 0.3 is 0 Å². The maximum atomic E-state index is 9.96. The molecule has 0 spiro atoms. The smallest absolute Gasteiger partial charge is 0.124 e. The molecule has 0 saturated carbocycles. The second-order valence-electron chi connectivity index (χ2n) is 4.37. The molecule has 1 heterocycles. The molecule has 0 radical (unpaired) electrons. The van der Waals surface area contributed by atoms with Gasteiger partial charge < -0.3 is 14.6 Å². The van der Waals surface area contributed by atoms with Crippen molar-refractivity contribution in [2.24, 2.45) is 0 Å². The molecule has 1 saturated heterocycles. The number of hydrogen-bond acceptors (Lipinski definition) is 5. The van der Waals surface area contributed by atoms with Gasteiger partial charge in [-0.2, -0.15) is 0 Å². The third-order valence-corrected chi connectivity index (χ3v) is 3.09. The van der Waals surface area contributed by atoms with E-state index in [2.05, 4.69) is 10.4 Å². The highest BCUT2D eigenvalue weighted by molar-refractivity contribution is 5.41. The van der Waals surface area contributed by atoms with Crippen LogP contribution in [0.5, 0.6) is 11.5 Å². The highest BCUT2D eigenvalue weighted by Crippen LogP contribution is 2.28. The van der Waals surface area contributed by atoms with E-state index in [0.29, 0.717) is 5.75 Å². The number of nitrogens with zero attached hydrogens (tertiary/aromatic N) is 1. The van der Waals surface area contributed by atoms with Gasteiger partial charge in [-0.05, 0) is 13.0 Å². The normalized spacial score (nSPS) is 18.6. The second-order valence-corrected chi connectivity index (χ2v) is 4.37. The van der Waals surface area contributed by atoms with Crippen LogP contribution in [0.3, 0.4) is 0 Å². The van der Waals surface area contributed by atoms with Crippen molar-refractivity contribution in [2.75, 3.05) is 33.4 Å². The van der Waals surface area contributed by atoms with Gasteiger partial charge in [-0.1, -0.05) is 6.07 Å². The summed E-state index contributed by atoms with van der Waals surface area (Å²) in [6.45, 7) is 5.24. The topological polar surface area (TPSA) is 54.0 Å². The zero-order valence-corrected chi connectivity index (χ0v) is 10.8. The van der Waals surface area contributed by atoms with Crippen molar-refractivity contribution in [3.8, 4) is 11.5 Å². The first kappa shape index (κ1) is 13.1. The number of methoxy groups -OCH3 is 1. The van der Waals surface area contributed by atoms with Gasteiger partial charge in [0.2, 0.25) is 0 Å². The summed E-state index contributed by atoms with van der Waals surface area (Å²) in [6.07, 6.45) is 0. The summed E-state index contributed by atoms with van der Waals surface area (Å²) in [5, 5.41) is 12.1. The van der Waals surface area contributed by atoms with Gasteiger partial charge in [0.25, 0.3) is 0 Å². The van der Waals surface area contributed by atoms with Crippen molar-refractivity contribution in [2.45, 2.75) is 13.0 Å². The Balaban J connectivity index is 2.01. The van der Waals surface area contributed by atoms with E-state index in [9.17, 15) is 5.11 Å². The van der Waals surface area contributed by atoms with E-state index >= 15 is 0 Å². The number of aromatic hydroxyl groups is 1. The maximum absolute atomic E-state index is 9.96. The number of hydrazine groups is 1. The van der Waals surface area contributed by atoms with E-state index in [1.807, 2.05) is 19.1 Å². The Morgan fingerprint density at radius 1 is 1.39 bits per heavy atom. The van der Waals surface area contributed by atoms with E-state index < -0.39 is 0 Å². The van der Waals surface area contributed by atoms with Gasteiger partial charge in [0.1, 0.15) is 11.5 Å². The van der Waals surface area contributed by atoms with Crippen LogP contribution in [-0.2, 0) is 4.74 Å². The van der Waals surface area contributed by atoms with Crippen molar-refractivity contribution in [1.82, 2.24) is 10.4 Å². The van der Waals surface area contributed by atoms with E-state index in [0.717, 1.165) is 31.9 Å². The van der Waals surface area contributed by atoms with E-state index in [1.165, 1.54) is 0 Å². The van der Waals surface area contributed by atoms with Crippen LogP contribution in [0.1, 0.15) is 18.5 Å². The summed E-state index contributed by atoms with van der Waals surface area (Å²) in [7, 11) is 1.59. The molecule has 2 rings (SSSR count). The Hall–Kier alpha value is -1.30. The molecule has 2 N–H and O–H groups in total. The van der Waals surface area contributed by atoms with Crippen molar-refractivity contribution >= 4 is 0 Å². The Kier molecular flexibility index (Phi) is 4.41. The Morgan fingerprint density at radius 3 is 2.72 bits per heavy atom. The predicted molar refractivity (Wildman–Crippen MR) is 68.6 cm³/mol. The fourth-order valence-corrected chi connectivity index (χ4v) is 2.05. The molecular formula is C13H20N2O3. The van der Waals surface area contributed by atoms with Crippen molar-refractivity contribution < 1.29 is 14.6 Å². The van der Waals surface area contributed by atoms with Crippen molar-refractivity contribution in [1.29, 1.82) is 0 Å². The molecule has 0 amide bonds. The minimum absolute atomic E-state index is 0.0500. The fraction of sp³-hybridized carbons (Fsp3) is 0.538. The molecule has 1 aliphatic heterocycles. The predicted octanol–water partition coefficient (Wildman–Crippen LogP) is 1.30. The first-order chi connectivity index (χ1) is 8.70. The Morgan fingerprint density at radius 2 is 2.11 bits per heavy atom. The van der Waals surface area contributed by atoms with Crippen LogP contribution in [-0.4, -0.2) is 43.5 Å². The average molecular weight is 252 g/mol. The lowest BCUT2D eigenvalue weighted by molar-refractivity contribution is 0.00469.